The number of hydrogen-bond acceptors (Lipinski definition) is 4. The molecule has 5 nitrogen and oxygen atoms in total. The molecular weight excluding hydrogens is 266 g/mol. The van der Waals surface area contributed by atoms with Crippen LogP contribution in [0.25, 0.3) is 0 Å². The number of nitrogens with zero attached hydrogens (tertiary/aromatic N) is 1. The number of aliphatic carboxylic acids is 1. The maximum atomic E-state index is 11.9. The van der Waals surface area contributed by atoms with Crippen LogP contribution in [0.2, 0.25) is 0 Å². The minimum atomic E-state index is -3.10. The van der Waals surface area contributed by atoms with E-state index in [-0.39, 0.29) is 11.3 Å². The second-order valence-corrected chi connectivity index (χ2v) is 8.07. The Morgan fingerprint density at radius 1 is 1.11 bits per heavy atom. The molecule has 0 spiro atoms. The fraction of sp³-hybridized carbons (Fsp3) is 0.923. The van der Waals surface area contributed by atoms with E-state index in [9.17, 15) is 18.3 Å². The smallest absolute Gasteiger partial charge is 0.320 e. The second kappa shape index (κ2) is 5.79. The zero-order chi connectivity index (χ0) is 14.0. The molecule has 110 valence electrons. The normalized spacial score (nSPS) is 34.1. The number of carboxylic acids is 1. The number of sulfone groups is 1. The molecule has 0 bridgehead atoms. The van der Waals surface area contributed by atoms with Crippen molar-refractivity contribution in [2.45, 2.75) is 62.3 Å². The number of likely N-dealkylation sites (tertiary alicyclic amines) is 1. The molecule has 1 saturated carbocycles. The highest BCUT2D eigenvalue weighted by molar-refractivity contribution is 7.91. The van der Waals surface area contributed by atoms with Crippen molar-refractivity contribution < 1.29 is 18.3 Å². The first-order valence-electron chi connectivity index (χ1n) is 7.08. The molecule has 0 aromatic carbocycles. The van der Waals surface area contributed by atoms with Gasteiger partial charge in [-0.3, -0.25) is 9.69 Å². The summed E-state index contributed by atoms with van der Waals surface area (Å²) in [7, 11) is -3.10. The molecule has 1 aliphatic heterocycles. The van der Waals surface area contributed by atoms with Gasteiger partial charge in [0.2, 0.25) is 0 Å². The topological polar surface area (TPSA) is 74.7 Å². The van der Waals surface area contributed by atoms with Gasteiger partial charge in [0.25, 0.3) is 0 Å². The highest BCUT2D eigenvalue weighted by Crippen LogP contribution is 2.33. The summed E-state index contributed by atoms with van der Waals surface area (Å²) in [5.41, 5.74) is 0. The summed E-state index contributed by atoms with van der Waals surface area (Å²) in [5, 5.41) is 9.01. The maximum Gasteiger partial charge on any atom is 0.320 e. The van der Waals surface area contributed by atoms with Gasteiger partial charge < -0.3 is 5.11 Å². The molecule has 0 aromatic heterocycles. The summed E-state index contributed by atoms with van der Waals surface area (Å²) in [6.45, 7) is 0.716. The standard InChI is InChI=1S/C13H23NO4S/c1-19(17,18)12-8-5-7-10(12)14-9-4-2-3-6-11(14)13(15)16/h10-12H,2-9H2,1H3,(H,15,16). The molecule has 0 radical (unpaired) electrons. The lowest BCUT2D eigenvalue weighted by Gasteiger charge is -2.35. The predicted molar refractivity (Wildman–Crippen MR) is 72.9 cm³/mol. The molecule has 1 saturated heterocycles. The molecule has 3 unspecified atom stereocenters. The maximum absolute atomic E-state index is 11.9. The second-order valence-electron chi connectivity index (χ2n) is 5.81. The van der Waals surface area contributed by atoms with Gasteiger partial charge in [-0.25, -0.2) is 8.42 Å². The molecular formula is C13H23NO4S. The molecule has 3 atom stereocenters. The number of hydrogen-bond donors (Lipinski definition) is 1. The van der Waals surface area contributed by atoms with Crippen molar-refractivity contribution >= 4 is 15.8 Å². The summed E-state index contributed by atoms with van der Waals surface area (Å²) >= 11 is 0. The van der Waals surface area contributed by atoms with Gasteiger partial charge in [0.1, 0.15) is 6.04 Å². The van der Waals surface area contributed by atoms with E-state index in [0.717, 1.165) is 32.1 Å². The minimum Gasteiger partial charge on any atom is -0.480 e. The Bertz CT molecular complexity index is 434. The first kappa shape index (κ1) is 14.8. The van der Waals surface area contributed by atoms with Crippen molar-refractivity contribution in [1.29, 1.82) is 0 Å². The van der Waals surface area contributed by atoms with E-state index in [2.05, 4.69) is 0 Å². The van der Waals surface area contributed by atoms with Crippen LogP contribution in [0, 0.1) is 0 Å². The Labute approximate surface area is 114 Å². The van der Waals surface area contributed by atoms with Crippen LogP contribution in [0.15, 0.2) is 0 Å². The molecule has 0 amide bonds. The zero-order valence-electron chi connectivity index (χ0n) is 11.4. The molecule has 19 heavy (non-hydrogen) atoms. The Morgan fingerprint density at radius 2 is 1.84 bits per heavy atom. The van der Waals surface area contributed by atoms with Gasteiger partial charge in [-0.1, -0.05) is 19.3 Å². The third kappa shape index (κ3) is 3.28. The van der Waals surface area contributed by atoms with E-state index in [4.69, 9.17) is 0 Å². The van der Waals surface area contributed by atoms with Crippen molar-refractivity contribution in [3.8, 4) is 0 Å². The third-order valence-corrected chi connectivity index (χ3v) is 6.12. The molecule has 2 rings (SSSR count). The Kier molecular flexibility index (Phi) is 4.50. The van der Waals surface area contributed by atoms with E-state index in [1.165, 1.54) is 6.26 Å². The van der Waals surface area contributed by atoms with Crippen LogP contribution in [0.1, 0.15) is 44.9 Å². The van der Waals surface area contributed by atoms with Gasteiger partial charge in [-0.2, -0.15) is 0 Å². The van der Waals surface area contributed by atoms with Crippen LogP contribution >= 0.6 is 0 Å². The van der Waals surface area contributed by atoms with Crippen LogP contribution in [0.4, 0.5) is 0 Å². The highest BCUT2D eigenvalue weighted by Gasteiger charge is 2.42. The summed E-state index contributed by atoms with van der Waals surface area (Å²) in [6.07, 6.45) is 7.21. The van der Waals surface area contributed by atoms with Crippen LogP contribution in [-0.2, 0) is 14.6 Å². The van der Waals surface area contributed by atoms with Gasteiger partial charge >= 0.3 is 5.97 Å². The van der Waals surface area contributed by atoms with Crippen molar-refractivity contribution in [2.75, 3.05) is 12.8 Å². The monoisotopic (exact) mass is 289 g/mol. The Morgan fingerprint density at radius 3 is 2.47 bits per heavy atom. The van der Waals surface area contributed by atoms with E-state index >= 15 is 0 Å². The number of carboxylic acid groups (broad SMARTS) is 1. The van der Waals surface area contributed by atoms with Crippen LogP contribution in [0.3, 0.4) is 0 Å². The van der Waals surface area contributed by atoms with Gasteiger partial charge in [-0.05, 0) is 32.2 Å². The SMILES string of the molecule is CS(=O)(=O)C1CCCC1N1CCCCCC1C(=O)O. The van der Waals surface area contributed by atoms with E-state index in [1.54, 1.807) is 0 Å². The van der Waals surface area contributed by atoms with Crippen molar-refractivity contribution in [2.24, 2.45) is 0 Å². The quantitative estimate of drug-likeness (QED) is 0.847. The molecule has 2 aliphatic rings. The molecule has 1 N–H and O–H groups in total. The fourth-order valence-corrected chi connectivity index (χ4v) is 5.04. The molecule has 1 aliphatic carbocycles. The summed E-state index contributed by atoms with van der Waals surface area (Å²) < 4.78 is 23.7. The van der Waals surface area contributed by atoms with Crippen molar-refractivity contribution in [1.82, 2.24) is 4.90 Å². The van der Waals surface area contributed by atoms with E-state index < -0.39 is 21.8 Å². The van der Waals surface area contributed by atoms with Crippen LogP contribution in [-0.4, -0.2) is 54.5 Å². The van der Waals surface area contributed by atoms with Crippen LogP contribution < -0.4 is 0 Å². The van der Waals surface area contributed by atoms with E-state index in [1.807, 2.05) is 4.90 Å². The fourth-order valence-electron chi connectivity index (χ4n) is 3.58. The molecule has 0 aromatic rings. The minimum absolute atomic E-state index is 0.103. The van der Waals surface area contributed by atoms with Gasteiger partial charge in [-0.15, -0.1) is 0 Å². The largest absolute Gasteiger partial charge is 0.480 e. The summed E-state index contributed by atoms with van der Waals surface area (Å²) in [4.78, 5) is 13.4. The van der Waals surface area contributed by atoms with Crippen molar-refractivity contribution in [3.05, 3.63) is 0 Å². The lowest BCUT2D eigenvalue weighted by atomic mass is 10.1. The predicted octanol–water partition coefficient (Wildman–Crippen LogP) is 1.28. The van der Waals surface area contributed by atoms with E-state index in [0.29, 0.717) is 19.4 Å². The average molecular weight is 289 g/mol. The van der Waals surface area contributed by atoms with Crippen molar-refractivity contribution in [3.63, 3.8) is 0 Å². The first-order chi connectivity index (χ1) is 8.91. The lowest BCUT2D eigenvalue weighted by Crippen LogP contribution is -2.51. The first-order valence-corrected chi connectivity index (χ1v) is 9.04. The molecule has 2 fully saturated rings. The lowest BCUT2D eigenvalue weighted by molar-refractivity contribution is -0.144. The number of carbonyl (C=O) groups is 1. The number of rotatable bonds is 3. The molecule has 1 heterocycles. The summed E-state index contributed by atoms with van der Waals surface area (Å²) in [5.74, 6) is -0.805. The Hall–Kier alpha value is -0.620. The van der Waals surface area contributed by atoms with Gasteiger partial charge in [0, 0.05) is 12.3 Å². The highest BCUT2D eigenvalue weighted by atomic mass is 32.2. The summed E-state index contributed by atoms with van der Waals surface area (Å²) in [6, 6.07) is -0.607. The average Bonchev–Trinajstić information content (AvgIpc) is 2.66. The zero-order valence-corrected chi connectivity index (χ0v) is 12.2. The van der Waals surface area contributed by atoms with Gasteiger partial charge in [0.15, 0.2) is 9.84 Å². The molecule has 6 heteroatoms. The van der Waals surface area contributed by atoms with Gasteiger partial charge in [0.05, 0.1) is 5.25 Å². The third-order valence-electron chi connectivity index (χ3n) is 4.47. The Balaban J connectivity index is 2.23. The van der Waals surface area contributed by atoms with Crippen LogP contribution in [0.5, 0.6) is 0 Å².